The molecule has 3 nitrogen and oxygen atoms in total. The molecule has 16 heavy (non-hydrogen) atoms. The number of piperidine rings is 1. The van der Waals surface area contributed by atoms with Crippen LogP contribution in [0.1, 0.15) is 40.0 Å². The molecule has 1 aliphatic heterocycles. The number of hydrogen-bond donors (Lipinski definition) is 1. The predicted molar refractivity (Wildman–Crippen MR) is 68.8 cm³/mol. The Labute approximate surface area is 101 Å². The van der Waals surface area contributed by atoms with Crippen LogP contribution in [0.3, 0.4) is 0 Å². The zero-order valence-electron chi connectivity index (χ0n) is 11.3. The molecule has 1 aliphatic rings. The summed E-state index contributed by atoms with van der Waals surface area (Å²) in [6, 6.07) is 1.07. The van der Waals surface area contributed by atoms with Gasteiger partial charge < -0.3 is 10.1 Å². The number of hydrogen-bond acceptors (Lipinski definition) is 3. The maximum Gasteiger partial charge on any atom is 0.0693 e. The van der Waals surface area contributed by atoms with Crippen molar-refractivity contribution in [3.05, 3.63) is 0 Å². The lowest BCUT2D eigenvalue weighted by Gasteiger charge is -2.33. The highest BCUT2D eigenvalue weighted by Crippen LogP contribution is 2.11. The summed E-state index contributed by atoms with van der Waals surface area (Å²) in [6.45, 7) is 10.2. The number of nitrogens with zero attached hydrogens (tertiary/aromatic N) is 1. The fraction of sp³-hybridized carbons (Fsp3) is 1.00. The molecular weight excluding hydrogens is 200 g/mol. The summed E-state index contributed by atoms with van der Waals surface area (Å²) in [5.74, 6) is 0. The Hall–Kier alpha value is -0.120. The summed E-state index contributed by atoms with van der Waals surface area (Å²) in [5.41, 5.74) is 0. The summed E-state index contributed by atoms with van der Waals surface area (Å²) in [6.07, 6.45) is 4.44. The molecule has 0 aromatic heterocycles. The van der Waals surface area contributed by atoms with Gasteiger partial charge in [-0.25, -0.2) is 0 Å². The van der Waals surface area contributed by atoms with E-state index in [1.165, 1.54) is 32.4 Å². The van der Waals surface area contributed by atoms with Crippen LogP contribution < -0.4 is 5.32 Å². The third-order valence-electron chi connectivity index (χ3n) is 3.83. The van der Waals surface area contributed by atoms with Crippen LogP contribution in [-0.4, -0.2) is 49.8 Å². The third kappa shape index (κ3) is 4.40. The normalized spacial score (nSPS) is 24.0. The van der Waals surface area contributed by atoms with Crippen molar-refractivity contribution in [1.82, 2.24) is 10.2 Å². The van der Waals surface area contributed by atoms with Crippen molar-refractivity contribution >= 4 is 0 Å². The van der Waals surface area contributed by atoms with E-state index in [-0.39, 0.29) is 6.10 Å². The second kappa shape index (κ2) is 7.25. The van der Waals surface area contributed by atoms with E-state index < -0.39 is 0 Å². The molecule has 0 aliphatic carbocycles. The van der Waals surface area contributed by atoms with Crippen LogP contribution in [0.4, 0.5) is 0 Å². The van der Waals surface area contributed by atoms with Gasteiger partial charge in [0.25, 0.3) is 0 Å². The van der Waals surface area contributed by atoms with Crippen molar-refractivity contribution in [2.24, 2.45) is 0 Å². The molecular formula is C13H28N2O. The van der Waals surface area contributed by atoms with E-state index in [0.29, 0.717) is 12.1 Å². The minimum atomic E-state index is 0.286. The van der Waals surface area contributed by atoms with Gasteiger partial charge >= 0.3 is 0 Å². The Morgan fingerprint density at radius 3 is 2.31 bits per heavy atom. The predicted octanol–water partition coefficient (Wildman–Crippen LogP) is 1.87. The van der Waals surface area contributed by atoms with Gasteiger partial charge in [0.15, 0.2) is 0 Å². The largest absolute Gasteiger partial charge is 0.380 e. The van der Waals surface area contributed by atoms with Crippen molar-refractivity contribution in [2.75, 3.05) is 26.7 Å². The Kier molecular flexibility index (Phi) is 6.32. The highest BCUT2D eigenvalue weighted by atomic mass is 16.5. The van der Waals surface area contributed by atoms with E-state index in [2.05, 4.69) is 31.0 Å². The number of methoxy groups -OCH3 is 1. The van der Waals surface area contributed by atoms with Crippen molar-refractivity contribution in [3.8, 4) is 0 Å². The van der Waals surface area contributed by atoms with Gasteiger partial charge in [-0.1, -0.05) is 6.42 Å². The van der Waals surface area contributed by atoms with Crippen LogP contribution in [-0.2, 0) is 4.74 Å². The van der Waals surface area contributed by atoms with Crippen molar-refractivity contribution in [1.29, 1.82) is 0 Å². The summed E-state index contributed by atoms with van der Waals surface area (Å²) < 4.78 is 5.31. The van der Waals surface area contributed by atoms with Gasteiger partial charge in [0.05, 0.1) is 6.10 Å². The first-order valence-corrected chi connectivity index (χ1v) is 6.65. The topological polar surface area (TPSA) is 24.5 Å². The Morgan fingerprint density at radius 1 is 1.12 bits per heavy atom. The molecule has 0 spiro atoms. The summed E-state index contributed by atoms with van der Waals surface area (Å²) in [4.78, 5) is 2.60. The van der Waals surface area contributed by atoms with E-state index in [4.69, 9.17) is 4.74 Å². The van der Waals surface area contributed by atoms with Crippen LogP contribution in [0, 0.1) is 0 Å². The fourth-order valence-electron chi connectivity index (χ4n) is 2.21. The molecule has 0 aromatic rings. The number of likely N-dealkylation sites (tertiary alicyclic amines) is 1. The Bertz CT molecular complexity index is 181. The first kappa shape index (κ1) is 13.9. The quantitative estimate of drug-likeness (QED) is 0.751. The average molecular weight is 228 g/mol. The molecule has 0 bridgehead atoms. The smallest absolute Gasteiger partial charge is 0.0693 e. The van der Waals surface area contributed by atoms with E-state index in [9.17, 15) is 0 Å². The van der Waals surface area contributed by atoms with Gasteiger partial charge in [-0.15, -0.1) is 0 Å². The highest BCUT2D eigenvalue weighted by molar-refractivity contribution is 4.76. The van der Waals surface area contributed by atoms with Gasteiger partial charge in [0.2, 0.25) is 0 Å². The second-order valence-corrected chi connectivity index (χ2v) is 5.08. The van der Waals surface area contributed by atoms with Gasteiger partial charge in [-0.2, -0.15) is 0 Å². The van der Waals surface area contributed by atoms with Crippen molar-refractivity contribution in [3.63, 3.8) is 0 Å². The number of rotatable bonds is 6. The molecule has 0 radical (unpaired) electrons. The summed E-state index contributed by atoms with van der Waals surface area (Å²) in [7, 11) is 1.77. The first-order valence-electron chi connectivity index (χ1n) is 6.65. The zero-order chi connectivity index (χ0) is 12.0. The lowest BCUT2D eigenvalue weighted by Crippen LogP contribution is -2.47. The molecule has 3 unspecified atom stereocenters. The second-order valence-electron chi connectivity index (χ2n) is 5.08. The van der Waals surface area contributed by atoms with Crippen molar-refractivity contribution in [2.45, 2.75) is 58.2 Å². The molecule has 1 heterocycles. The van der Waals surface area contributed by atoms with E-state index in [1.807, 2.05) is 0 Å². The Balaban J connectivity index is 2.20. The molecule has 0 amide bonds. The number of nitrogens with one attached hydrogen (secondary N) is 1. The van der Waals surface area contributed by atoms with Gasteiger partial charge in [0, 0.05) is 25.7 Å². The molecule has 1 saturated heterocycles. The van der Waals surface area contributed by atoms with Crippen LogP contribution in [0.15, 0.2) is 0 Å². The lowest BCUT2D eigenvalue weighted by atomic mass is 10.1. The van der Waals surface area contributed by atoms with E-state index >= 15 is 0 Å². The van der Waals surface area contributed by atoms with Gasteiger partial charge in [-0.05, 0) is 46.7 Å². The Morgan fingerprint density at radius 2 is 1.75 bits per heavy atom. The van der Waals surface area contributed by atoms with E-state index in [0.717, 1.165) is 6.54 Å². The SMILES string of the molecule is COC(C)C(C)NCC(C)N1CCCCC1. The molecule has 3 heteroatoms. The maximum absolute atomic E-state index is 5.31. The first-order chi connectivity index (χ1) is 7.65. The molecule has 0 saturated carbocycles. The van der Waals surface area contributed by atoms with Crippen LogP contribution in [0.25, 0.3) is 0 Å². The fourth-order valence-corrected chi connectivity index (χ4v) is 2.21. The standard InChI is InChI=1S/C13H28N2O/c1-11(15-8-6-5-7-9-15)10-14-12(2)13(3)16-4/h11-14H,5-10H2,1-4H3. The van der Waals surface area contributed by atoms with E-state index in [1.54, 1.807) is 7.11 Å². The van der Waals surface area contributed by atoms with Gasteiger partial charge in [0.1, 0.15) is 0 Å². The van der Waals surface area contributed by atoms with Crippen LogP contribution in [0.5, 0.6) is 0 Å². The molecule has 96 valence electrons. The van der Waals surface area contributed by atoms with Crippen molar-refractivity contribution < 1.29 is 4.74 Å². The average Bonchev–Trinajstić information content (AvgIpc) is 2.35. The molecule has 1 rings (SSSR count). The summed E-state index contributed by atoms with van der Waals surface area (Å²) >= 11 is 0. The minimum Gasteiger partial charge on any atom is -0.380 e. The highest BCUT2D eigenvalue weighted by Gasteiger charge is 2.18. The monoisotopic (exact) mass is 228 g/mol. The van der Waals surface area contributed by atoms with Crippen LogP contribution >= 0.6 is 0 Å². The van der Waals surface area contributed by atoms with Gasteiger partial charge in [-0.3, -0.25) is 4.90 Å². The summed E-state index contributed by atoms with van der Waals surface area (Å²) in [5, 5.41) is 3.56. The lowest BCUT2D eigenvalue weighted by molar-refractivity contribution is 0.0834. The molecule has 1 fully saturated rings. The zero-order valence-corrected chi connectivity index (χ0v) is 11.3. The maximum atomic E-state index is 5.31. The molecule has 0 aromatic carbocycles. The third-order valence-corrected chi connectivity index (χ3v) is 3.83. The number of ether oxygens (including phenoxy) is 1. The van der Waals surface area contributed by atoms with Crippen LogP contribution in [0.2, 0.25) is 0 Å². The molecule has 3 atom stereocenters. The minimum absolute atomic E-state index is 0.286. The molecule has 1 N–H and O–H groups in total.